The summed E-state index contributed by atoms with van der Waals surface area (Å²) in [6.07, 6.45) is 3.39. The summed E-state index contributed by atoms with van der Waals surface area (Å²) < 4.78 is 0.883. The van der Waals surface area contributed by atoms with Crippen molar-refractivity contribution in [1.82, 2.24) is 0 Å². The van der Waals surface area contributed by atoms with Gasteiger partial charge in [-0.15, -0.1) is 11.8 Å². The van der Waals surface area contributed by atoms with E-state index in [1.165, 1.54) is 22.7 Å². The van der Waals surface area contributed by atoms with Gasteiger partial charge >= 0.3 is 0 Å². The van der Waals surface area contributed by atoms with Crippen LogP contribution in [0.1, 0.15) is 12.0 Å². The van der Waals surface area contributed by atoms with Crippen LogP contribution in [0.2, 0.25) is 0 Å². The van der Waals surface area contributed by atoms with Crippen LogP contribution < -0.4 is 10.2 Å². The smallest absolute Gasteiger partial charge is 0.248 e. The third kappa shape index (κ3) is 5.36. The number of amides is 3. The van der Waals surface area contributed by atoms with E-state index >= 15 is 0 Å². The van der Waals surface area contributed by atoms with Crippen LogP contribution in [0.25, 0.3) is 6.08 Å². The van der Waals surface area contributed by atoms with Gasteiger partial charge in [0.05, 0.1) is 10.9 Å². The maximum Gasteiger partial charge on any atom is 0.248 e. The number of thioether (sulfide) groups is 1. The zero-order valence-electron chi connectivity index (χ0n) is 16.9. The molecule has 0 aliphatic carbocycles. The van der Waals surface area contributed by atoms with Crippen LogP contribution in [-0.4, -0.2) is 23.0 Å². The Morgan fingerprint density at radius 2 is 1.66 bits per heavy atom. The molecule has 0 bridgehead atoms. The van der Waals surface area contributed by atoms with E-state index < -0.39 is 5.25 Å². The lowest BCUT2D eigenvalue weighted by Crippen LogP contribution is -2.31. The standard InChI is InChI=1S/C25H19BrN2O3S/c26-18-7-11-20(12-8-18)28-24(30)16-22(25(28)31)32-21-13-9-19(10-14-21)27-23(29)15-6-17-4-2-1-3-5-17/h1-15,22H,16H2,(H,27,29)/b15-6+. The number of halogens is 1. The van der Waals surface area contributed by atoms with Crippen molar-refractivity contribution in [3.8, 4) is 0 Å². The zero-order valence-corrected chi connectivity index (χ0v) is 19.3. The number of carbonyl (C=O) groups is 3. The van der Waals surface area contributed by atoms with E-state index in [4.69, 9.17) is 0 Å². The van der Waals surface area contributed by atoms with Crippen LogP contribution in [0, 0.1) is 0 Å². The Hall–Kier alpha value is -3.16. The van der Waals surface area contributed by atoms with Gasteiger partial charge < -0.3 is 5.32 Å². The molecular weight excluding hydrogens is 488 g/mol. The summed E-state index contributed by atoms with van der Waals surface area (Å²) in [6.45, 7) is 0. The van der Waals surface area contributed by atoms with E-state index in [1.54, 1.807) is 42.5 Å². The van der Waals surface area contributed by atoms with Crippen molar-refractivity contribution in [2.45, 2.75) is 16.6 Å². The summed E-state index contributed by atoms with van der Waals surface area (Å²) >= 11 is 4.71. The minimum atomic E-state index is -0.472. The molecule has 0 spiro atoms. The van der Waals surface area contributed by atoms with E-state index in [2.05, 4.69) is 21.2 Å². The number of anilines is 2. The van der Waals surface area contributed by atoms with Crippen LogP contribution in [-0.2, 0) is 14.4 Å². The SMILES string of the molecule is O=C(/C=C/c1ccccc1)Nc1ccc(SC2CC(=O)N(c3ccc(Br)cc3)C2=O)cc1. The minimum absolute atomic E-state index is 0.155. The third-order valence-electron chi connectivity index (χ3n) is 4.82. The monoisotopic (exact) mass is 506 g/mol. The molecule has 1 aliphatic heterocycles. The maximum absolute atomic E-state index is 12.8. The molecule has 1 atom stereocenters. The van der Waals surface area contributed by atoms with Crippen LogP contribution in [0.5, 0.6) is 0 Å². The predicted molar refractivity (Wildman–Crippen MR) is 131 cm³/mol. The van der Waals surface area contributed by atoms with Gasteiger partial charge in [0.2, 0.25) is 17.7 Å². The lowest BCUT2D eigenvalue weighted by molar-refractivity contribution is -0.121. The molecule has 1 N–H and O–H groups in total. The summed E-state index contributed by atoms with van der Waals surface area (Å²) in [5, 5.41) is 2.34. The van der Waals surface area contributed by atoms with Gasteiger partial charge in [-0.05, 0) is 60.2 Å². The topological polar surface area (TPSA) is 66.5 Å². The summed E-state index contributed by atoms with van der Waals surface area (Å²) in [5.41, 5.74) is 2.18. The first-order valence-electron chi connectivity index (χ1n) is 9.93. The molecule has 0 radical (unpaired) electrons. The Kier molecular flexibility index (Phi) is 6.87. The van der Waals surface area contributed by atoms with E-state index in [-0.39, 0.29) is 24.1 Å². The van der Waals surface area contributed by atoms with Crippen LogP contribution >= 0.6 is 27.7 Å². The number of nitrogens with one attached hydrogen (secondary N) is 1. The van der Waals surface area contributed by atoms with E-state index in [0.717, 1.165) is 14.9 Å². The lowest BCUT2D eigenvalue weighted by Gasteiger charge is -2.15. The fraction of sp³-hybridized carbons (Fsp3) is 0.0800. The zero-order chi connectivity index (χ0) is 22.5. The van der Waals surface area contributed by atoms with Crippen LogP contribution in [0.3, 0.4) is 0 Å². The highest BCUT2D eigenvalue weighted by Crippen LogP contribution is 2.34. The molecule has 160 valence electrons. The summed E-state index contributed by atoms with van der Waals surface area (Å²) in [7, 11) is 0. The van der Waals surface area contributed by atoms with Crippen LogP contribution in [0.4, 0.5) is 11.4 Å². The first-order chi connectivity index (χ1) is 15.5. The fourth-order valence-corrected chi connectivity index (χ4v) is 4.58. The first-order valence-corrected chi connectivity index (χ1v) is 11.6. The summed E-state index contributed by atoms with van der Waals surface area (Å²) in [5.74, 6) is -0.648. The largest absolute Gasteiger partial charge is 0.323 e. The Balaban J connectivity index is 1.36. The highest BCUT2D eigenvalue weighted by atomic mass is 79.9. The number of rotatable bonds is 6. The third-order valence-corrected chi connectivity index (χ3v) is 6.54. The molecule has 4 rings (SSSR count). The molecule has 0 aromatic heterocycles. The molecule has 3 amide bonds. The number of benzene rings is 3. The van der Waals surface area contributed by atoms with Gasteiger partial charge in [0.1, 0.15) is 0 Å². The average molecular weight is 507 g/mol. The highest BCUT2D eigenvalue weighted by Gasteiger charge is 2.40. The second kappa shape index (κ2) is 9.97. The van der Waals surface area contributed by atoms with Gasteiger partial charge in [-0.1, -0.05) is 46.3 Å². The molecule has 5 nitrogen and oxygen atoms in total. The normalized spacial score (nSPS) is 16.0. The van der Waals surface area contributed by atoms with Crippen molar-refractivity contribution in [2.24, 2.45) is 0 Å². The lowest BCUT2D eigenvalue weighted by atomic mass is 10.2. The van der Waals surface area contributed by atoms with Gasteiger partial charge in [0.25, 0.3) is 0 Å². The Labute approximate surface area is 198 Å². The summed E-state index contributed by atoms with van der Waals surface area (Å²) in [6, 6.07) is 23.9. The van der Waals surface area contributed by atoms with Crippen LogP contribution in [0.15, 0.2) is 94.3 Å². The molecule has 1 saturated heterocycles. The number of nitrogens with zero attached hydrogens (tertiary/aromatic N) is 1. The molecule has 1 unspecified atom stereocenters. The van der Waals surface area contributed by atoms with Gasteiger partial charge in [0, 0.05) is 27.6 Å². The highest BCUT2D eigenvalue weighted by molar-refractivity contribution is 9.10. The van der Waals surface area contributed by atoms with Crippen molar-refractivity contribution >= 4 is 62.9 Å². The van der Waals surface area contributed by atoms with E-state index in [9.17, 15) is 14.4 Å². The molecule has 0 saturated carbocycles. The Morgan fingerprint density at radius 3 is 2.34 bits per heavy atom. The van der Waals surface area contributed by atoms with Crippen molar-refractivity contribution in [3.05, 3.63) is 95.0 Å². The number of carbonyl (C=O) groups excluding carboxylic acids is 3. The second-order valence-electron chi connectivity index (χ2n) is 7.11. The molecule has 7 heteroatoms. The maximum atomic E-state index is 12.8. The molecule has 1 aliphatic rings. The Morgan fingerprint density at radius 1 is 0.969 bits per heavy atom. The second-order valence-corrected chi connectivity index (χ2v) is 9.30. The predicted octanol–water partition coefficient (Wildman–Crippen LogP) is 5.53. The summed E-state index contributed by atoms with van der Waals surface area (Å²) in [4.78, 5) is 39.5. The number of hydrogen-bond donors (Lipinski definition) is 1. The molecule has 1 fully saturated rings. The Bertz CT molecular complexity index is 1160. The minimum Gasteiger partial charge on any atom is -0.323 e. The number of hydrogen-bond acceptors (Lipinski definition) is 4. The first kappa shape index (κ1) is 22.0. The van der Waals surface area contributed by atoms with Gasteiger partial charge in [-0.3, -0.25) is 14.4 Å². The van der Waals surface area contributed by atoms with E-state index in [1.807, 2.05) is 42.5 Å². The van der Waals surface area contributed by atoms with Gasteiger partial charge in [-0.2, -0.15) is 0 Å². The molecule has 1 heterocycles. The molecule has 3 aromatic carbocycles. The fourth-order valence-electron chi connectivity index (χ4n) is 3.26. The van der Waals surface area contributed by atoms with Gasteiger partial charge in [-0.25, -0.2) is 4.90 Å². The molecular formula is C25H19BrN2O3S. The number of imide groups is 1. The quantitative estimate of drug-likeness (QED) is 0.352. The van der Waals surface area contributed by atoms with Crippen molar-refractivity contribution < 1.29 is 14.4 Å². The molecule has 3 aromatic rings. The average Bonchev–Trinajstić information content (AvgIpc) is 3.08. The van der Waals surface area contributed by atoms with E-state index in [0.29, 0.717) is 11.4 Å². The van der Waals surface area contributed by atoms with Crippen molar-refractivity contribution in [3.63, 3.8) is 0 Å². The van der Waals surface area contributed by atoms with Crippen molar-refractivity contribution in [1.29, 1.82) is 0 Å². The van der Waals surface area contributed by atoms with Gasteiger partial charge in [0.15, 0.2) is 0 Å². The molecule has 32 heavy (non-hydrogen) atoms. The van der Waals surface area contributed by atoms with Crippen molar-refractivity contribution in [2.75, 3.05) is 10.2 Å².